The number of hydrogen-bond acceptors (Lipinski definition) is 4. The van der Waals surface area contributed by atoms with Crippen LogP contribution in [0.15, 0.2) is 22.8 Å². The third kappa shape index (κ3) is 1.53. The molecule has 4 nitrogen and oxygen atoms in total. The molecule has 16 heavy (non-hydrogen) atoms. The molecule has 88 valence electrons. The molecule has 2 atom stereocenters. The predicted octanol–water partition coefficient (Wildman–Crippen LogP) is 1.32. The lowest BCUT2D eigenvalue weighted by atomic mass is 9.74. The van der Waals surface area contributed by atoms with Crippen molar-refractivity contribution >= 4 is 5.97 Å². The van der Waals surface area contributed by atoms with Crippen molar-refractivity contribution in [3.8, 4) is 0 Å². The van der Waals surface area contributed by atoms with E-state index in [1.54, 1.807) is 6.26 Å². The summed E-state index contributed by atoms with van der Waals surface area (Å²) >= 11 is 0. The Morgan fingerprint density at radius 3 is 3.12 bits per heavy atom. The first-order valence-electron chi connectivity index (χ1n) is 5.57. The third-order valence-electron chi connectivity index (χ3n) is 3.58. The first-order chi connectivity index (χ1) is 7.74. The van der Waals surface area contributed by atoms with Crippen molar-refractivity contribution in [3.63, 3.8) is 0 Å². The minimum Gasteiger partial charge on any atom is -0.469 e. The molecule has 4 heteroatoms. The molecule has 0 aliphatic carbocycles. The van der Waals surface area contributed by atoms with Crippen LogP contribution in [0.3, 0.4) is 0 Å². The van der Waals surface area contributed by atoms with Gasteiger partial charge < -0.3 is 14.5 Å². The molecule has 0 radical (unpaired) electrons. The standard InChI is InChI=1S/C12H17NO3/c1-3-12(10-5-4-6-16-10)8-13-7-9(12)11(14)15-2/h4-6,9,13H,3,7-8H2,1-2H3. The normalized spacial score (nSPS) is 29.2. The first-order valence-corrected chi connectivity index (χ1v) is 5.57. The summed E-state index contributed by atoms with van der Waals surface area (Å²) in [6.45, 7) is 3.49. The summed E-state index contributed by atoms with van der Waals surface area (Å²) < 4.78 is 10.4. The maximum Gasteiger partial charge on any atom is 0.311 e. The van der Waals surface area contributed by atoms with Gasteiger partial charge in [0.1, 0.15) is 5.76 Å². The Bertz CT molecular complexity index is 360. The Hall–Kier alpha value is -1.29. The minimum atomic E-state index is -0.253. The summed E-state index contributed by atoms with van der Waals surface area (Å²) in [6.07, 6.45) is 2.51. The highest BCUT2D eigenvalue weighted by atomic mass is 16.5. The van der Waals surface area contributed by atoms with Crippen molar-refractivity contribution in [3.05, 3.63) is 24.2 Å². The molecule has 2 unspecified atom stereocenters. The zero-order chi connectivity index (χ0) is 11.6. The lowest BCUT2D eigenvalue weighted by Crippen LogP contribution is -2.39. The van der Waals surface area contributed by atoms with Crippen LogP contribution < -0.4 is 5.32 Å². The fourth-order valence-corrected chi connectivity index (χ4v) is 2.58. The molecule has 0 amide bonds. The van der Waals surface area contributed by atoms with Crippen LogP contribution in [-0.4, -0.2) is 26.2 Å². The van der Waals surface area contributed by atoms with E-state index < -0.39 is 0 Å². The van der Waals surface area contributed by atoms with E-state index in [1.165, 1.54) is 7.11 Å². The molecule has 0 aromatic carbocycles. The average Bonchev–Trinajstić information content (AvgIpc) is 2.96. The second kappa shape index (κ2) is 4.29. The molecule has 1 fully saturated rings. The molecule has 1 aromatic heterocycles. The van der Waals surface area contributed by atoms with Gasteiger partial charge in [0.2, 0.25) is 0 Å². The zero-order valence-corrected chi connectivity index (χ0v) is 9.66. The number of ether oxygens (including phenoxy) is 1. The smallest absolute Gasteiger partial charge is 0.311 e. The Morgan fingerprint density at radius 1 is 1.75 bits per heavy atom. The summed E-state index contributed by atoms with van der Waals surface area (Å²) in [4.78, 5) is 11.8. The van der Waals surface area contributed by atoms with Gasteiger partial charge in [0.05, 0.1) is 24.7 Å². The number of methoxy groups -OCH3 is 1. The van der Waals surface area contributed by atoms with Crippen molar-refractivity contribution in [1.29, 1.82) is 0 Å². The van der Waals surface area contributed by atoms with Gasteiger partial charge >= 0.3 is 5.97 Å². The van der Waals surface area contributed by atoms with Crippen molar-refractivity contribution in [2.24, 2.45) is 5.92 Å². The highest BCUT2D eigenvalue weighted by molar-refractivity contribution is 5.75. The molecule has 2 rings (SSSR count). The van der Waals surface area contributed by atoms with E-state index in [4.69, 9.17) is 9.15 Å². The lowest BCUT2D eigenvalue weighted by Gasteiger charge is -2.29. The SMILES string of the molecule is CCC1(c2ccco2)CNCC1C(=O)OC. The third-order valence-corrected chi connectivity index (χ3v) is 3.58. The van der Waals surface area contributed by atoms with E-state index in [1.807, 2.05) is 12.1 Å². The maximum absolute atomic E-state index is 11.8. The largest absolute Gasteiger partial charge is 0.469 e. The van der Waals surface area contributed by atoms with Crippen molar-refractivity contribution in [2.75, 3.05) is 20.2 Å². The molecular formula is C12H17NO3. The number of furan rings is 1. The van der Waals surface area contributed by atoms with Crippen LogP contribution in [0.4, 0.5) is 0 Å². The molecular weight excluding hydrogens is 206 g/mol. The number of carbonyl (C=O) groups is 1. The Kier molecular flexibility index (Phi) is 3.01. The van der Waals surface area contributed by atoms with E-state index >= 15 is 0 Å². The van der Waals surface area contributed by atoms with Gasteiger partial charge in [-0.05, 0) is 18.6 Å². The monoisotopic (exact) mass is 223 g/mol. The van der Waals surface area contributed by atoms with Gasteiger partial charge in [-0.1, -0.05) is 6.92 Å². The quantitative estimate of drug-likeness (QED) is 0.785. The van der Waals surface area contributed by atoms with E-state index in [-0.39, 0.29) is 17.3 Å². The van der Waals surface area contributed by atoms with Gasteiger partial charge in [0.15, 0.2) is 0 Å². The van der Waals surface area contributed by atoms with Crippen LogP contribution >= 0.6 is 0 Å². The molecule has 0 bridgehead atoms. The zero-order valence-electron chi connectivity index (χ0n) is 9.66. The molecule has 1 N–H and O–H groups in total. The van der Waals surface area contributed by atoms with E-state index in [0.29, 0.717) is 6.54 Å². The number of carbonyl (C=O) groups excluding carboxylic acids is 1. The van der Waals surface area contributed by atoms with Crippen LogP contribution in [-0.2, 0) is 14.9 Å². The van der Waals surface area contributed by atoms with Crippen LogP contribution in [0, 0.1) is 5.92 Å². The van der Waals surface area contributed by atoms with Gasteiger partial charge in [0, 0.05) is 13.1 Å². The van der Waals surface area contributed by atoms with Crippen LogP contribution in [0.5, 0.6) is 0 Å². The van der Waals surface area contributed by atoms with Gasteiger partial charge in [-0.2, -0.15) is 0 Å². The minimum absolute atomic E-state index is 0.159. The molecule has 0 saturated carbocycles. The van der Waals surface area contributed by atoms with E-state index in [2.05, 4.69) is 12.2 Å². The van der Waals surface area contributed by atoms with Gasteiger partial charge in [-0.25, -0.2) is 0 Å². The Balaban J connectivity index is 2.36. The van der Waals surface area contributed by atoms with Gasteiger partial charge in [0.25, 0.3) is 0 Å². The number of esters is 1. The van der Waals surface area contributed by atoms with Crippen molar-refractivity contribution in [2.45, 2.75) is 18.8 Å². The summed E-state index contributed by atoms with van der Waals surface area (Å²) in [5.41, 5.74) is -0.253. The highest BCUT2D eigenvalue weighted by Crippen LogP contribution is 2.39. The summed E-state index contributed by atoms with van der Waals surface area (Å²) in [7, 11) is 1.43. The average molecular weight is 223 g/mol. The lowest BCUT2D eigenvalue weighted by molar-refractivity contribution is -0.147. The van der Waals surface area contributed by atoms with Crippen molar-refractivity contribution < 1.29 is 13.9 Å². The number of nitrogens with one attached hydrogen (secondary N) is 1. The highest BCUT2D eigenvalue weighted by Gasteiger charge is 2.49. The fraction of sp³-hybridized carbons (Fsp3) is 0.583. The van der Waals surface area contributed by atoms with E-state index in [0.717, 1.165) is 18.7 Å². The topological polar surface area (TPSA) is 51.5 Å². The van der Waals surface area contributed by atoms with Crippen molar-refractivity contribution in [1.82, 2.24) is 5.32 Å². The molecule has 0 spiro atoms. The molecule has 1 aromatic rings. The number of hydrogen-bond donors (Lipinski definition) is 1. The summed E-state index contributed by atoms with van der Waals surface area (Å²) in [6, 6.07) is 3.80. The number of rotatable bonds is 3. The van der Waals surface area contributed by atoms with Crippen LogP contribution in [0.25, 0.3) is 0 Å². The summed E-state index contributed by atoms with van der Waals surface area (Å²) in [5.74, 6) is 0.548. The second-order valence-electron chi connectivity index (χ2n) is 4.19. The Labute approximate surface area is 95.0 Å². The fourth-order valence-electron chi connectivity index (χ4n) is 2.58. The van der Waals surface area contributed by atoms with Gasteiger partial charge in [-0.15, -0.1) is 0 Å². The van der Waals surface area contributed by atoms with E-state index in [9.17, 15) is 4.79 Å². The van der Waals surface area contributed by atoms with Crippen LogP contribution in [0.1, 0.15) is 19.1 Å². The molecule has 2 heterocycles. The maximum atomic E-state index is 11.8. The molecule has 1 aliphatic rings. The molecule has 1 aliphatic heterocycles. The predicted molar refractivity (Wildman–Crippen MR) is 59.1 cm³/mol. The molecule has 1 saturated heterocycles. The Morgan fingerprint density at radius 2 is 2.56 bits per heavy atom. The second-order valence-corrected chi connectivity index (χ2v) is 4.19. The van der Waals surface area contributed by atoms with Crippen LogP contribution in [0.2, 0.25) is 0 Å². The van der Waals surface area contributed by atoms with Gasteiger partial charge in [-0.3, -0.25) is 4.79 Å². The summed E-state index contributed by atoms with van der Waals surface area (Å²) in [5, 5.41) is 3.26. The first kappa shape index (κ1) is 11.2.